The van der Waals surface area contributed by atoms with Gasteiger partial charge in [0.15, 0.2) is 0 Å². The zero-order valence-electron chi connectivity index (χ0n) is 11.8. The molecule has 0 bridgehead atoms. The Morgan fingerprint density at radius 1 is 1.29 bits per heavy atom. The Morgan fingerprint density at radius 2 is 2.00 bits per heavy atom. The average molecular weight is 289 g/mol. The van der Waals surface area contributed by atoms with Gasteiger partial charge in [-0.15, -0.1) is 0 Å². The second kappa shape index (κ2) is 9.37. The van der Waals surface area contributed by atoms with Gasteiger partial charge in [-0.3, -0.25) is 4.79 Å². The summed E-state index contributed by atoms with van der Waals surface area (Å²) in [5.41, 5.74) is 1.19. The van der Waals surface area contributed by atoms with Crippen molar-refractivity contribution in [1.82, 2.24) is 10.2 Å². The number of nitriles is 1. The highest BCUT2D eigenvalue weighted by Crippen LogP contribution is 2.01. The van der Waals surface area contributed by atoms with Gasteiger partial charge in [0.05, 0.1) is 12.5 Å². The lowest BCUT2D eigenvalue weighted by Gasteiger charge is -2.19. The summed E-state index contributed by atoms with van der Waals surface area (Å²) in [7, 11) is 0. The predicted molar refractivity (Wildman–Crippen MR) is 77.6 cm³/mol. The number of aryl methyl sites for hydroxylation is 1. The second-order valence-corrected chi connectivity index (χ2v) is 4.54. The van der Waals surface area contributed by atoms with Crippen LogP contribution in [0.2, 0.25) is 0 Å². The molecule has 2 amide bonds. The number of aliphatic carboxylic acids is 1. The lowest BCUT2D eigenvalue weighted by Crippen LogP contribution is -2.43. The van der Waals surface area contributed by atoms with Crippen LogP contribution in [-0.4, -0.2) is 41.6 Å². The topological polar surface area (TPSA) is 93.4 Å². The van der Waals surface area contributed by atoms with E-state index in [-0.39, 0.29) is 13.0 Å². The SMILES string of the molecule is N#CCCN(CC(=O)O)C(=O)NCCCc1ccccc1. The Kier molecular flexibility index (Phi) is 7.36. The highest BCUT2D eigenvalue weighted by atomic mass is 16.4. The van der Waals surface area contributed by atoms with Crippen LogP contribution in [-0.2, 0) is 11.2 Å². The van der Waals surface area contributed by atoms with Gasteiger partial charge >= 0.3 is 12.0 Å². The van der Waals surface area contributed by atoms with Gasteiger partial charge in [-0.05, 0) is 18.4 Å². The number of rotatable bonds is 8. The maximum Gasteiger partial charge on any atom is 0.323 e. The van der Waals surface area contributed by atoms with Gasteiger partial charge in [-0.25, -0.2) is 4.79 Å². The number of carboxylic acids is 1. The number of hydrogen-bond donors (Lipinski definition) is 2. The Bertz CT molecular complexity index is 497. The fourth-order valence-corrected chi connectivity index (χ4v) is 1.84. The van der Waals surface area contributed by atoms with Gasteiger partial charge in [0.2, 0.25) is 0 Å². The molecular formula is C15H19N3O3. The van der Waals surface area contributed by atoms with Gasteiger partial charge < -0.3 is 15.3 Å². The Labute approximate surface area is 124 Å². The molecule has 0 fully saturated rings. The van der Waals surface area contributed by atoms with E-state index < -0.39 is 18.5 Å². The molecule has 6 heteroatoms. The Morgan fingerprint density at radius 3 is 2.62 bits per heavy atom. The van der Waals surface area contributed by atoms with Crippen molar-refractivity contribution in [1.29, 1.82) is 5.26 Å². The molecule has 0 aromatic heterocycles. The first-order valence-corrected chi connectivity index (χ1v) is 6.79. The molecule has 1 rings (SSSR count). The number of carbonyl (C=O) groups excluding carboxylic acids is 1. The highest BCUT2D eigenvalue weighted by Gasteiger charge is 2.15. The summed E-state index contributed by atoms with van der Waals surface area (Å²) in [6.45, 7) is 0.190. The van der Waals surface area contributed by atoms with E-state index in [9.17, 15) is 9.59 Å². The number of amides is 2. The zero-order chi connectivity index (χ0) is 15.5. The third-order valence-corrected chi connectivity index (χ3v) is 2.87. The summed E-state index contributed by atoms with van der Waals surface area (Å²) in [5.74, 6) is -1.09. The standard InChI is InChI=1S/C15H19N3O3/c16-9-5-11-18(12-14(19)20)15(21)17-10-4-8-13-6-2-1-3-7-13/h1-3,6-7H,4-5,8,10-12H2,(H,17,21)(H,19,20). The number of benzene rings is 1. The summed E-state index contributed by atoms with van der Waals surface area (Å²) in [6.07, 6.45) is 1.73. The van der Waals surface area contributed by atoms with E-state index in [0.29, 0.717) is 6.54 Å². The van der Waals surface area contributed by atoms with E-state index in [4.69, 9.17) is 10.4 Å². The lowest BCUT2D eigenvalue weighted by molar-refractivity contribution is -0.137. The van der Waals surface area contributed by atoms with Crippen LogP contribution in [0.4, 0.5) is 4.79 Å². The summed E-state index contributed by atoms with van der Waals surface area (Å²) in [6, 6.07) is 11.4. The van der Waals surface area contributed by atoms with E-state index in [1.165, 1.54) is 5.56 Å². The third-order valence-electron chi connectivity index (χ3n) is 2.87. The maximum absolute atomic E-state index is 11.8. The number of urea groups is 1. The summed E-state index contributed by atoms with van der Waals surface area (Å²) in [5, 5.41) is 19.9. The Balaban J connectivity index is 2.32. The number of nitrogens with zero attached hydrogens (tertiary/aromatic N) is 2. The van der Waals surface area contributed by atoms with Gasteiger partial charge in [0, 0.05) is 13.1 Å². The van der Waals surface area contributed by atoms with E-state index in [1.54, 1.807) is 0 Å². The Hall–Kier alpha value is -2.55. The monoisotopic (exact) mass is 289 g/mol. The molecule has 0 aliphatic carbocycles. The van der Waals surface area contributed by atoms with Crippen LogP contribution in [0, 0.1) is 11.3 Å². The number of hydrogen-bond acceptors (Lipinski definition) is 3. The molecule has 0 unspecified atom stereocenters. The molecule has 2 N–H and O–H groups in total. The number of carbonyl (C=O) groups is 2. The van der Waals surface area contributed by atoms with E-state index in [2.05, 4.69) is 5.32 Å². The minimum Gasteiger partial charge on any atom is -0.480 e. The molecule has 0 aliphatic rings. The van der Waals surface area contributed by atoms with Gasteiger partial charge in [0.1, 0.15) is 6.54 Å². The molecule has 6 nitrogen and oxygen atoms in total. The molecule has 1 aromatic carbocycles. The fourth-order valence-electron chi connectivity index (χ4n) is 1.84. The van der Waals surface area contributed by atoms with E-state index in [1.807, 2.05) is 36.4 Å². The molecule has 21 heavy (non-hydrogen) atoms. The summed E-state index contributed by atoms with van der Waals surface area (Å²) < 4.78 is 0. The first-order chi connectivity index (χ1) is 10.1. The van der Waals surface area contributed by atoms with Gasteiger partial charge in [0.25, 0.3) is 0 Å². The summed E-state index contributed by atoms with van der Waals surface area (Å²) >= 11 is 0. The van der Waals surface area contributed by atoms with Crippen molar-refractivity contribution in [3.8, 4) is 6.07 Å². The molecule has 0 saturated carbocycles. The van der Waals surface area contributed by atoms with E-state index in [0.717, 1.165) is 17.7 Å². The minimum atomic E-state index is -1.09. The molecule has 0 radical (unpaired) electrons. The normalized spacial score (nSPS) is 9.67. The fraction of sp³-hybridized carbons (Fsp3) is 0.400. The van der Waals surface area contributed by atoms with Crippen LogP contribution in [0.3, 0.4) is 0 Å². The molecule has 0 heterocycles. The van der Waals surface area contributed by atoms with Crippen LogP contribution in [0.25, 0.3) is 0 Å². The molecular weight excluding hydrogens is 270 g/mol. The minimum absolute atomic E-state index is 0.116. The van der Waals surface area contributed by atoms with Gasteiger partial charge in [-0.2, -0.15) is 5.26 Å². The van der Waals surface area contributed by atoms with Crippen LogP contribution in [0.1, 0.15) is 18.4 Å². The van der Waals surface area contributed by atoms with Crippen LogP contribution >= 0.6 is 0 Å². The number of nitrogens with one attached hydrogen (secondary N) is 1. The smallest absolute Gasteiger partial charge is 0.323 e. The van der Waals surface area contributed by atoms with Crippen molar-refractivity contribution in [2.75, 3.05) is 19.6 Å². The van der Waals surface area contributed by atoms with Crippen molar-refractivity contribution in [2.45, 2.75) is 19.3 Å². The molecule has 0 atom stereocenters. The van der Waals surface area contributed by atoms with Crippen molar-refractivity contribution in [3.05, 3.63) is 35.9 Å². The third kappa shape index (κ3) is 6.97. The van der Waals surface area contributed by atoms with Gasteiger partial charge in [-0.1, -0.05) is 30.3 Å². The van der Waals surface area contributed by atoms with Crippen LogP contribution in [0.15, 0.2) is 30.3 Å². The zero-order valence-corrected chi connectivity index (χ0v) is 11.8. The first kappa shape index (κ1) is 16.5. The van der Waals surface area contributed by atoms with Crippen LogP contribution < -0.4 is 5.32 Å². The molecule has 112 valence electrons. The molecule has 0 aliphatic heterocycles. The number of carboxylic acid groups (broad SMARTS) is 1. The first-order valence-electron chi connectivity index (χ1n) is 6.79. The highest BCUT2D eigenvalue weighted by molar-refractivity contribution is 5.80. The summed E-state index contributed by atoms with van der Waals surface area (Å²) in [4.78, 5) is 23.7. The quantitative estimate of drug-likeness (QED) is 0.711. The van der Waals surface area contributed by atoms with Crippen molar-refractivity contribution < 1.29 is 14.7 Å². The van der Waals surface area contributed by atoms with Crippen molar-refractivity contribution >= 4 is 12.0 Å². The molecule has 0 saturated heterocycles. The van der Waals surface area contributed by atoms with Crippen LogP contribution in [0.5, 0.6) is 0 Å². The molecule has 1 aromatic rings. The lowest BCUT2D eigenvalue weighted by atomic mass is 10.1. The largest absolute Gasteiger partial charge is 0.480 e. The average Bonchev–Trinajstić information content (AvgIpc) is 2.48. The van der Waals surface area contributed by atoms with Crippen molar-refractivity contribution in [3.63, 3.8) is 0 Å². The maximum atomic E-state index is 11.8. The van der Waals surface area contributed by atoms with Crippen molar-refractivity contribution in [2.24, 2.45) is 0 Å². The second-order valence-electron chi connectivity index (χ2n) is 4.54. The van der Waals surface area contributed by atoms with E-state index >= 15 is 0 Å². The predicted octanol–water partition coefficient (Wildman–Crippen LogP) is 1.63. The molecule has 0 spiro atoms.